The molecule has 0 fully saturated rings. The summed E-state index contributed by atoms with van der Waals surface area (Å²) in [6.07, 6.45) is -1.09. The molecule has 3 rings (SSSR count). The van der Waals surface area contributed by atoms with Crippen molar-refractivity contribution in [3.8, 4) is 0 Å². The molecule has 0 radical (unpaired) electrons. The second-order valence-electron chi connectivity index (χ2n) is 6.38. The molecule has 146 valence electrons. The van der Waals surface area contributed by atoms with Crippen molar-refractivity contribution in [2.75, 3.05) is 21.2 Å². The average molecular weight is 401 g/mol. The highest BCUT2D eigenvalue weighted by Gasteiger charge is 2.29. The standard InChI is InChI=1S/C21H20FNO4S/c1-23(2)20(24)18(13-8-5-4-6-9-13)27-21(25)19-14(12-26-3)17-15(22)10-7-11-16(17)28-19/h4-11,18H,12H2,1-3H3/t18-/m0/s1. The van der Waals surface area contributed by atoms with Gasteiger partial charge in [0.25, 0.3) is 5.91 Å². The number of fused-ring (bicyclic) bond motifs is 1. The number of methoxy groups -OCH3 is 1. The minimum Gasteiger partial charge on any atom is -0.443 e. The Hall–Kier alpha value is -2.77. The van der Waals surface area contributed by atoms with Gasteiger partial charge in [-0.15, -0.1) is 11.3 Å². The van der Waals surface area contributed by atoms with E-state index in [1.165, 1.54) is 18.1 Å². The summed E-state index contributed by atoms with van der Waals surface area (Å²) in [6, 6.07) is 13.5. The lowest BCUT2D eigenvalue weighted by molar-refractivity contribution is -0.138. The van der Waals surface area contributed by atoms with Gasteiger partial charge in [-0.25, -0.2) is 9.18 Å². The first-order valence-electron chi connectivity index (χ1n) is 8.60. The summed E-state index contributed by atoms with van der Waals surface area (Å²) < 4.78 is 25.7. The first-order chi connectivity index (χ1) is 13.4. The maximum absolute atomic E-state index is 14.3. The first kappa shape index (κ1) is 20.0. The summed E-state index contributed by atoms with van der Waals surface area (Å²) in [4.78, 5) is 27.2. The van der Waals surface area contributed by atoms with Crippen LogP contribution in [-0.4, -0.2) is 38.0 Å². The van der Waals surface area contributed by atoms with E-state index < -0.39 is 17.9 Å². The zero-order chi connectivity index (χ0) is 20.3. The molecule has 0 bridgehead atoms. The number of rotatable bonds is 6. The number of thiophene rings is 1. The average Bonchev–Trinajstić information content (AvgIpc) is 3.06. The summed E-state index contributed by atoms with van der Waals surface area (Å²) >= 11 is 1.12. The number of esters is 1. The largest absolute Gasteiger partial charge is 0.443 e. The van der Waals surface area contributed by atoms with E-state index in [-0.39, 0.29) is 17.4 Å². The Balaban J connectivity index is 2.02. The van der Waals surface area contributed by atoms with Crippen molar-refractivity contribution in [2.24, 2.45) is 0 Å². The van der Waals surface area contributed by atoms with Crippen LogP contribution in [0.2, 0.25) is 0 Å². The van der Waals surface area contributed by atoms with Crippen LogP contribution in [0.1, 0.15) is 26.9 Å². The number of amides is 1. The van der Waals surface area contributed by atoms with E-state index in [1.807, 2.05) is 6.07 Å². The lowest BCUT2D eigenvalue weighted by Gasteiger charge is -2.21. The molecular formula is C21H20FNO4S. The molecular weight excluding hydrogens is 381 g/mol. The number of likely N-dealkylation sites (N-methyl/N-ethyl adjacent to an activating group) is 1. The highest BCUT2D eigenvalue weighted by Crippen LogP contribution is 2.35. The van der Waals surface area contributed by atoms with Crippen LogP contribution >= 0.6 is 11.3 Å². The fourth-order valence-corrected chi connectivity index (χ4v) is 4.00. The Labute approximate surface area is 166 Å². The predicted octanol–water partition coefficient (Wildman–Crippen LogP) is 4.17. The maximum atomic E-state index is 14.3. The van der Waals surface area contributed by atoms with Crippen molar-refractivity contribution >= 4 is 33.3 Å². The van der Waals surface area contributed by atoms with E-state index in [0.717, 1.165) is 11.3 Å². The highest BCUT2D eigenvalue weighted by molar-refractivity contribution is 7.21. The van der Waals surface area contributed by atoms with Gasteiger partial charge in [0.05, 0.1) is 6.61 Å². The molecule has 1 heterocycles. The lowest BCUT2D eigenvalue weighted by Crippen LogP contribution is -2.31. The Bertz CT molecular complexity index is 1000. The van der Waals surface area contributed by atoms with Gasteiger partial charge >= 0.3 is 5.97 Å². The fourth-order valence-electron chi connectivity index (χ4n) is 2.90. The number of ether oxygens (including phenoxy) is 2. The van der Waals surface area contributed by atoms with Crippen molar-refractivity contribution in [1.29, 1.82) is 0 Å². The number of hydrogen-bond acceptors (Lipinski definition) is 5. The Kier molecular flexibility index (Phi) is 6.06. The predicted molar refractivity (Wildman–Crippen MR) is 106 cm³/mol. The Morgan fingerprint density at radius 1 is 1.11 bits per heavy atom. The second kappa shape index (κ2) is 8.50. The molecule has 7 heteroatoms. The maximum Gasteiger partial charge on any atom is 0.349 e. The van der Waals surface area contributed by atoms with Crippen LogP contribution in [0, 0.1) is 5.82 Å². The summed E-state index contributed by atoms with van der Waals surface area (Å²) in [5.74, 6) is -1.47. The van der Waals surface area contributed by atoms with Gasteiger partial charge in [-0.2, -0.15) is 0 Å². The van der Waals surface area contributed by atoms with Gasteiger partial charge in [-0.1, -0.05) is 36.4 Å². The van der Waals surface area contributed by atoms with E-state index in [0.29, 0.717) is 21.2 Å². The molecule has 5 nitrogen and oxygen atoms in total. The van der Waals surface area contributed by atoms with Crippen LogP contribution in [0.15, 0.2) is 48.5 Å². The summed E-state index contributed by atoms with van der Waals surface area (Å²) in [5.41, 5.74) is 0.991. The SMILES string of the molecule is COCc1c(C(=O)O[C@H](C(=O)N(C)C)c2ccccc2)sc2cccc(F)c12. The number of hydrogen-bond donors (Lipinski definition) is 0. The summed E-state index contributed by atoms with van der Waals surface area (Å²) in [6.45, 7) is 0.0585. The molecule has 0 aliphatic carbocycles. The molecule has 1 atom stereocenters. The van der Waals surface area contributed by atoms with E-state index in [9.17, 15) is 14.0 Å². The highest BCUT2D eigenvalue weighted by atomic mass is 32.1. The third kappa shape index (κ3) is 3.90. The molecule has 3 aromatic rings. The molecule has 0 saturated carbocycles. The molecule has 0 N–H and O–H groups in total. The van der Waals surface area contributed by atoms with Gasteiger partial charge in [-0.3, -0.25) is 4.79 Å². The molecule has 0 aliphatic heterocycles. The van der Waals surface area contributed by atoms with Gasteiger partial charge in [0, 0.05) is 42.4 Å². The normalized spacial score (nSPS) is 12.0. The quantitative estimate of drug-likeness (QED) is 0.582. The van der Waals surface area contributed by atoms with E-state index in [4.69, 9.17) is 9.47 Å². The van der Waals surface area contributed by atoms with Crippen LogP contribution in [-0.2, 0) is 20.9 Å². The number of halogens is 1. The van der Waals surface area contributed by atoms with Gasteiger partial charge in [-0.05, 0) is 12.1 Å². The van der Waals surface area contributed by atoms with Crippen LogP contribution in [0.5, 0.6) is 0 Å². The lowest BCUT2D eigenvalue weighted by atomic mass is 10.1. The van der Waals surface area contributed by atoms with Gasteiger partial charge < -0.3 is 14.4 Å². The molecule has 0 unspecified atom stereocenters. The van der Waals surface area contributed by atoms with Crippen molar-refractivity contribution in [1.82, 2.24) is 4.90 Å². The van der Waals surface area contributed by atoms with Crippen molar-refractivity contribution in [3.63, 3.8) is 0 Å². The number of carbonyl (C=O) groups is 2. The molecule has 28 heavy (non-hydrogen) atoms. The number of carbonyl (C=O) groups excluding carboxylic acids is 2. The van der Waals surface area contributed by atoms with E-state index >= 15 is 0 Å². The van der Waals surface area contributed by atoms with Crippen LogP contribution in [0.4, 0.5) is 4.39 Å². The molecule has 0 saturated heterocycles. The van der Waals surface area contributed by atoms with Gasteiger partial charge in [0.2, 0.25) is 6.10 Å². The summed E-state index contributed by atoms with van der Waals surface area (Å²) in [7, 11) is 4.66. The first-order valence-corrected chi connectivity index (χ1v) is 9.41. The van der Waals surface area contributed by atoms with E-state index in [2.05, 4.69) is 0 Å². The molecule has 0 spiro atoms. The van der Waals surface area contributed by atoms with Crippen LogP contribution < -0.4 is 0 Å². The smallest absolute Gasteiger partial charge is 0.349 e. The molecule has 0 aliphatic rings. The third-order valence-electron chi connectivity index (χ3n) is 4.23. The topological polar surface area (TPSA) is 55.8 Å². The van der Waals surface area contributed by atoms with Gasteiger partial charge in [0.1, 0.15) is 10.7 Å². The van der Waals surface area contributed by atoms with Crippen LogP contribution in [0.3, 0.4) is 0 Å². The fraction of sp³-hybridized carbons (Fsp3) is 0.238. The van der Waals surface area contributed by atoms with Crippen molar-refractivity contribution in [3.05, 3.63) is 70.4 Å². The minimum atomic E-state index is -1.09. The molecule has 1 amide bonds. The number of benzene rings is 2. The molecule has 2 aromatic carbocycles. The minimum absolute atomic E-state index is 0.0585. The molecule has 1 aromatic heterocycles. The number of nitrogens with zero attached hydrogens (tertiary/aromatic N) is 1. The van der Waals surface area contributed by atoms with Crippen LogP contribution in [0.25, 0.3) is 10.1 Å². The zero-order valence-corrected chi connectivity index (χ0v) is 16.6. The van der Waals surface area contributed by atoms with E-state index in [1.54, 1.807) is 50.5 Å². The third-order valence-corrected chi connectivity index (χ3v) is 5.41. The zero-order valence-electron chi connectivity index (χ0n) is 15.8. The summed E-state index contributed by atoms with van der Waals surface area (Å²) in [5, 5.41) is 0.344. The monoisotopic (exact) mass is 401 g/mol. The Morgan fingerprint density at radius 3 is 2.46 bits per heavy atom. The van der Waals surface area contributed by atoms with Crippen molar-refractivity contribution in [2.45, 2.75) is 12.7 Å². The van der Waals surface area contributed by atoms with Crippen molar-refractivity contribution < 1.29 is 23.5 Å². The second-order valence-corrected chi connectivity index (χ2v) is 7.44. The Morgan fingerprint density at radius 2 is 1.82 bits per heavy atom. The van der Waals surface area contributed by atoms with Gasteiger partial charge in [0.15, 0.2) is 0 Å².